The zero-order chi connectivity index (χ0) is 19.6. The summed E-state index contributed by atoms with van der Waals surface area (Å²) in [6.07, 6.45) is 0. The van der Waals surface area contributed by atoms with E-state index in [4.69, 9.17) is 9.97 Å². The van der Waals surface area contributed by atoms with Gasteiger partial charge in [0.15, 0.2) is 0 Å². The minimum absolute atomic E-state index is 0.855. The van der Waals surface area contributed by atoms with Gasteiger partial charge in [-0.1, -0.05) is 60.7 Å². The van der Waals surface area contributed by atoms with Gasteiger partial charge in [-0.2, -0.15) is 0 Å². The fourth-order valence-electron chi connectivity index (χ4n) is 4.09. The predicted molar refractivity (Wildman–Crippen MR) is 121 cm³/mol. The van der Waals surface area contributed by atoms with Gasteiger partial charge in [-0.3, -0.25) is 0 Å². The van der Waals surface area contributed by atoms with Crippen LogP contribution in [0.3, 0.4) is 0 Å². The Balaban J connectivity index is 1.38. The highest BCUT2D eigenvalue weighted by atomic mass is 32.1. The van der Waals surface area contributed by atoms with E-state index in [2.05, 4.69) is 71.6 Å². The predicted octanol–water partition coefficient (Wildman–Crippen LogP) is 3.57. The van der Waals surface area contributed by atoms with E-state index < -0.39 is 0 Å². The van der Waals surface area contributed by atoms with Crippen molar-refractivity contribution in [2.45, 2.75) is 13.5 Å². The van der Waals surface area contributed by atoms with Gasteiger partial charge in [0.1, 0.15) is 23.0 Å². The van der Waals surface area contributed by atoms with Crippen LogP contribution in [-0.4, -0.2) is 36.1 Å². The van der Waals surface area contributed by atoms with Gasteiger partial charge >= 0.3 is 0 Å². The number of hydrogen-bond donors (Lipinski definition) is 1. The third-order valence-corrected chi connectivity index (χ3v) is 6.69. The minimum atomic E-state index is 0.855. The zero-order valence-corrected chi connectivity index (χ0v) is 17.5. The van der Waals surface area contributed by atoms with Crippen LogP contribution in [0.5, 0.6) is 0 Å². The zero-order valence-electron chi connectivity index (χ0n) is 16.6. The summed E-state index contributed by atoms with van der Waals surface area (Å²) in [5.41, 5.74) is 2.66. The Labute approximate surface area is 175 Å². The highest BCUT2D eigenvalue weighted by Gasteiger charge is 2.24. The van der Waals surface area contributed by atoms with Crippen LogP contribution in [0.25, 0.3) is 20.7 Å². The topological polar surface area (TPSA) is 33.5 Å². The Morgan fingerprint density at radius 3 is 2.34 bits per heavy atom. The summed E-state index contributed by atoms with van der Waals surface area (Å²) in [5, 5.41) is 1.19. The van der Waals surface area contributed by atoms with Crippen molar-refractivity contribution in [1.82, 2.24) is 9.97 Å². The first kappa shape index (κ1) is 18.3. The molecule has 0 unspecified atom stereocenters. The monoisotopic (exact) mass is 401 g/mol. The molecule has 1 saturated heterocycles. The number of benzene rings is 2. The average Bonchev–Trinajstić information content (AvgIpc) is 3.19. The molecule has 3 heterocycles. The molecule has 146 valence electrons. The summed E-state index contributed by atoms with van der Waals surface area (Å²) in [7, 11) is 0. The van der Waals surface area contributed by atoms with E-state index in [1.165, 1.54) is 21.4 Å². The molecule has 0 amide bonds. The van der Waals surface area contributed by atoms with E-state index in [1.807, 2.05) is 6.92 Å². The van der Waals surface area contributed by atoms with Crippen LogP contribution in [0.15, 0.2) is 66.7 Å². The molecule has 1 N–H and O–H groups in total. The molecular formula is C24H25N4S+. The summed E-state index contributed by atoms with van der Waals surface area (Å²) < 4.78 is 0. The Morgan fingerprint density at radius 1 is 0.931 bits per heavy atom. The molecule has 5 rings (SSSR count). The Kier molecular flexibility index (Phi) is 5.00. The number of thiophene rings is 1. The van der Waals surface area contributed by atoms with Gasteiger partial charge in [-0.15, -0.1) is 11.3 Å². The normalized spacial score (nSPS) is 15.1. The molecule has 1 fully saturated rings. The summed E-state index contributed by atoms with van der Waals surface area (Å²) in [5.74, 6) is 1.96. The quantitative estimate of drug-likeness (QED) is 0.568. The lowest BCUT2D eigenvalue weighted by Crippen LogP contribution is -3.13. The second-order valence-corrected chi connectivity index (χ2v) is 8.72. The SMILES string of the molecule is Cc1nc(N2CC[NH+](Cc3ccccc3)CC2)c2cc(-c3ccccc3)sc2n1. The van der Waals surface area contributed by atoms with Gasteiger partial charge in [0.25, 0.3) is 0 Å². The molecule has 0 atom stereocenters. The van der Waals surface area contributed by atoms with Crippen LogP contribution in [0, 0.1) is 6.92 Å². The molecule has 2 aromatic heterocycles. The molecule has 0 spiro atoms. The second-order valence-electron chi connectivity index (χ2n) is 7.69. The first-order valence-corrected chi connectivity index (χ1v) is 11.0. The average molecular weight is 402 g/mol. The van der Waals surface area contributed by atoms with Crippen molar-refractivity contribution < 1.29 is 4.90 Å². The molecule has 2 aromatic carbocycles. The van der Waals surface area contributed by atoms with Crippen molar-refractivity contribution >= 4 is 27.4 Å². The Morgan fingerprint density at radius 2 is 1.62 bits per heavy atom. The highest BCUT2D eigenvalue weighted by molar-refractivity contribution is 7.21. The van der Waals surface area contributed by atoms with Crippen LogP contribution in [0.4, 0.5) is 5.82 Å². The number of fused-ring (bicyclic) bond motifs is 1. The van der Waals surface area contributed by atoms with E-state index in [0.29, 0.717) is 0 Å². The summed E-state index contributed by atoms with van der Waals surface area (Å²) in [6.45, 7) is 7.43. The van der Waals surface area contributed by atoms with Crippen LogP contribution in [-0.2, 0) is 6.54 Å². The van der Waals surface area contributed by atoms with Crippen molar-refractivity contribution in [1.29, 1.82) is 0 Å². The molecule has 0 saturated carbocycles. The van der Waals surface area contributed by atoms with E-state index >= 15 is 0 Å². The lowest BCUT2D eigenvalue weighted by atomic mass is 10.1. The minimum Gasteiger partial charge on any atom is -0.345 e. The third kappa shape index (κ3) is 3.88. The van der Waals surface area contributed by atoms with Gasteiger partial charge in [0.2, 0.25) is 0 Å². The number of nitrogens with one attached hydrogen (secondary N) is 1. The van der Waals surface area contributed by atoms with Crippen LogP contribution in [0.2, 0.25) is 0 Å². The molecule has 0 bridgehead atoms. The van der Waals surface area contributed by atoms with E-state index in [9.17, 15) is 0 Å². The standard InChI is InChI=1S/C24H24N4S/c1-18-25-23(21-16-22(29-24(21)26-18)20-10-6-3-7-11-20)28-14-12-27(13-15-28)17-19-8-4-2-5-9-19/h2-11,16H,12-15,17H2,1H3/p+1. The molecular weight excluding hydrogens is 376 g/mol. The fraction of sp³-hybridized carbons (Fsp3) is 0.250. The van der Waals surface area contributed by atoms with E-state index in [-0.39, 0.29) is 0 Å². The molecule has 1 aliphatic rings. The van der Waals surface area contributed by atoms with Gasteiger partial charge in [-0.25, -0.2) is 9.97 Å². The van der Waals surface area contributed by atoms with Gasteiger partial charge in [0, 0.05) is 10.4 Å². The van der Waals surface area contributed by atoms with Gasteiger partial charge in [0.05, 0.1) is 31.6 Å². The number of rotatable bonds is 4. The molecule has 4 nitrogen and oxygen atoms in total. The second kappa shape index (κ2) is 7.93. The maximum atomic E-state index is 4.85. The van der Waals surface area contributed by atoms with Gasteiger partial charge in [-0.05, 0) is 18.6 Å². The van der Waals surface area contributed by atoms with Crippen LogP contribution in [0.1, 0.15) is 11.4 Å². The highest BCUT2D eigenvalue weighted by Crippen LogP contribution is 2.36. The summed E-state index contributed by atoms with van der Waals surface area (Å²) >= 11 is 1.76. The van der Waals surface area contributed by atoms with E-state index in [0.717, 1.165) is 49.2 Å². The Bertz CT molecular complexity index is 1100. The summed E-state index contributed by atoms with van der Waals surface area (Å²) in [6, 6.07) is 23.6. The first-order valence-electron chi connectivity index (χ1n) is 10.2. The molecule has 4 aromatic rings. The maximum absolute atomic E-state index is 4.85. The lowest BCUT2D eigenvalue weighted by Gasteiger charge is -2.33. The molecule has 1 aliphatic heterocycles. The van der Waals surface area contributed by atoms with Crippen LogP contribution < -0.4 is 9.80 Å². The maximum Gasteiger partial charge on any atom is 0.141 e. The number of quaternary nitrogens is 1. The molecule has 0 radical (unpaired) electrons. The molecule has 29 heavy (non-hydrogen) atoms. The van der Waals surface area contributed by atoms with E-state index in [1.54, 1.807) is 16.2 Å². The largest absolute Gasteiger partial charge is 0.345 e. The molecule has 0 aliphatic carbocycles. The van der Waals surface area contributed by atoms with Crippen molar-refractivity contribution in [3.63, 3.8) is 0 Å². The summed E-state index contributed by atoms with van der Waals surface area (Å²) in [4.78, 5) is 16.0. The van der Waals surface area contributed by atoms with Crippen LogP contribution >= 0.6 is 11.3 Å². The number of nitrogens with zero attached hydrogens (tertiary/aromatic N) is 3. The van der Waals surface area contributed by atoms with Crippen molar-refractivity contribution in [3.8, 4) is 10.4 Å². The van der Waals surface area contributed by atoms with Crippen molar-refractivity contribution in [3.05, 3.63) is 78.1 Å². The smallest absolute Gasteiger partial charge is 0.141 e. The number of aryl methyl sites for hydroxylation is 1. The van der Waals surface area contributed by atoms with Crippen molar-refractivity contribution in [2.24, 2.45) is 0 Å². The number of anilines is 1. The lowest BCUT2D eigenvalue weighted by molar-refractivity contribution is -0.914. The third-order valence-electron chi connectivity index (χ3n) is 5.61. The Hall–Kier alpha value is -2.76. The number of hydrogen-bond acceptors (Lipinski definition) is 4. The van der Waals surface area contributed by atoms with Gasteiger partial charge < -0.3 is 9.80 Å². The van der Waals surface area contributed by atoms with Crippen molar-refractivity contribution in [2.75, 3.05) is 31.1 Å². The molecule has 5 heteroatoms. The number of piperazine rings is 1. The number of aromatic nitrogens is 2. The fourth-order valence-corrected chi connectivity index (χ4v) is 5.17. The first-order chi connectivity index (χ1) is 14.3.